The fraction of sp³-hybridized carbons (Fsp3) is 0.745. The van der Waals surface area contributed by atoms with Crippen LogP contribution in [-0.4, -0.2) is 0 Å². The van der Waals surface area contributed by atoms with Gasteiger partial charge in [-0.25, -0.2) is 0 Å². The third-order valence-corrected chi connectivity index (χ3v) is 10.8. The van der Waals surface area contributed by atoms with E-state index in [0.29, 0.717) is 23.2 Å². The average molecular weight is 651 g/mol. The smallest absolute Gasteiger partial charge is 0.0128 e. The van der Waals surface area contributed by atoms with Crippen molar-refractivity contribution in [2.75, 3.05) is 0 Å². The summed E-state index contributed by atoms with van der Waals surface area (Å²) >= 11 is 0. The Labute approximate surface area is 298 Å². The molecule has 0 bridgehead atoms. The molecule has 5 unspecified atom stereocenters. The van der Waals surface area contributed by atoms with Crippen LogP contribution in [0.4, 0.5) is 0 Å². The molecule has 0 aromatic rings. The molecule has 0 spiro atoms. The Bertz CT molecular complexity index is 927. The van der Waals surface area contributed by atoms with Crippen molar-refractivity contribution in [3.63, 3.8) is 0 Å². The van der Waals surface area contributed by atoms with E-state index in [1.54, 1.807) is 6.08 Å². The van der Waals surface area contributed by atoms with Crippen LogP contribution >= 0.6 is 0 Å². The van der Waals surface area contributed by atoms with Gasteiger partial charge in [0.2, 0.25) is 0 Å². The highest BCUT2D eigenvalue weighted by Gasteiger charge is 2.60. The third-order valence-electron chi connectivity index (χ3n) is 10.8. The fourth-order valence-corrected chi connectivity index (χ4v) is 6.55. The summed E-state index contributed by atoms with van der Waals surface area (Å²) in [6.07, 6.45) is 18.0. The van der Waals surface area contributed by atoms with E-state index in [4.69, 9.17) is 0 Å². The second-order valence-corrected chi connectivity index (χ2v) is 17.6. The van der Waals surface area contributed by atoms with Gasteiger partial charge in [-0.05, 0) is 118 Å². The highest BCUT2D eigenvalue weighted by atomic mass is 14.6. The minimum Gasteiger partial charge on any atom is -0.103 e. The lowest BCUT2D eigenvalue weighted by molar-refractivity contribution is 0.242. The quantitative estimate of drug-likeness (QED) is 0.130. The van der Waals surface area contributed by atoms with Gasteiger partial charge in [0.1, 0.15) is 0 Å². The van der Waals surface area contributed by atoms with Gasteiger partial charge in [-0.3, -0.25) is 0 Å². The predicted molar refractivity (Wildman–Crippen MR) is 220 cm³/mol. The van der Waals surface area contributed by atoms with Crippen LogP contribution in [0.2, 0.25) is 0 Å². The molecule has 0 aromatic heterocycles. The van der Waals surface area contributed by atoms with E-state index >= 15 is 0 Å². The Balaban J connectivity index is 0. The van der Waals surface area contributed by atoms with Gasteiger partial charge in [0.05, 0.1) is 0 Å². The molecule has 0 nitrogen and oxygen atoms in total. The Hall–Kier alpha value is -1.56. The average Bonchev–Trinajstić information content (AvgIpc) is 3.83. The lowest BCUT2D eigenvalue weighted by atomic mass is 9.69. The first-order valence-electron chi connectivity index (χ1n) is 19.5. The first-order valence-corrected chi connectivity index (χ1v) is 19.5. The largest absolute Gasteiger partial charge is 0.103 e. The summed E-state index contributed by atoms with van der Waals surface area (Å²) < 4.78 is 0. The van der Waals surface area contributed by atoms with Crippen molar-refractivity contribution in [1.29, 1.82) is 0 Å². The SMILES string of the molecule is C1CCC1.C=C(C)C.C=C(C)C(=C)C(CC1CC1)C(CC(=C)C(C)C(C)(C)C)C1C(CC)C1(C)C.C=C(CC)CCC(C)C.C=CC. The van der Waals surface area contributed by atoms with Crippen molar-refractivity contribution in [3.05, 3.63) is 73.4 Å². The minimum atomic E-state index is 0.280. The van der Waals surface area contributed by atoms with E-state index in [9.17, 15) is 0 Å². The molecule has 0 aromatic carbocycles. The highest BCUT2D eigenvalue weighted by molar-refractivity contribution is 5.29. The maximum Gasteiger partial charge on any atom is -0.0128 e. The maximum absolute atomic E-state index is 4.60. The van der Waals surface area contributed by atoms with Gasteiger partial charge in [0.25, 0.3) is 0 Å². The van der Waals surface area contributed by atoms with Crippen LogP contribution in [-0.2, 0) is 0 Å². The minimum absolute atomic E-state index is 0.280. The normalized spacial score (nSPS) is 20.7. The summed E-state index contributed by atoms with van der Waals surface area (Å²) in [5, 5.41) is 0. The number of hydrogen-bond donors (Lipinski definition) is 0. The standard InChI is InChI=1S/C27H46.C9H18.2C4H8.C3H6/c1-12-24-25(27(24,10)11)23(15-18(4)20(6)26(7,8)9)22(16-21-13-14-21)19(5)17(2)3;1-5-9(4)7-6-8(2)3;1-2-4-3-1;1-4(2)3;1-3-2/h20-25H,2,4-5,12-16H2,1,3,6-11H3;8H,4-7H2,1-3H3;1-4H2;1H2,2-3H3;3H,1H2,2H3. The molecule has 47 heavy (non-hydrogen) atoms. The zero-order valence-corrected chi connectivity index (χ0v) is 34.8. The summed E-state index contributed by atoms with van der Waals surface area (Å²) in [4.78, 5) is 0. The van der Waals surface area contributed by atoms with Crippen LogP contribution in [0.1, 0.15) is 174 Å². The zero-order chi connectivity index (χ0) is 37.1. The Morgan fingerprint density at radius 1 is 0.872 bits per heavy atom. The topological polar surface area (TPSA) is 0 Å². The second kappa shape index (κ2) is 23.7. The molecule has 3 rings (SSSR count). The molecule has 3 aliphatic carbocycles. The van der Waals surface area contributed by atoms with Gasteiger partial charge < -0.3 is 0 Å². The lowest BCUT2D eigenvalue weighted by Crippen LogP contribution is -2.26. The summed E-state index contributed by atoms with van der Waals surface area (Å²) in [5.74, 6) is 5.19. The molecule has 3 saturated carbocycles. The molecule has 5 atom stereocenters. The fourth-order valence-electron chi connectivity index (χ4n) is 6.55. The van der Waals surface area contributed by atoms with Crippen LogP contribution in [0, 0.1) is 52.3 Å². The first-order chi connectivity index (χ1) is 21.6. The highest BCUT2D eigenvalue weighted by Crippen LogP contribution is 2.67. The Morgan fingerprint density at radius 2 is 1.32 bits per heavy atom. The van der Waals surface area contributed by atoms with Gasteiger partial charge in [0.15, 0.2) is 0 Å². The summed E-state index contributed by atoms with van der Waals surface area (Å²) in [6, 6.07) is 0. The number of hydrogen-bond acceptors (Lipinski definition) is 0. The molecule has 0 heteroatoms. The van der Waals surface area contributed by atoms with Gasteiger partial charge in [0, 0.05) is 0 Å². The van der Waals surface area contributed by atoms with Gasteiger partial charge in [-0.2, -0.15) is 0 Å². The van der Waals surface area contributed by atoms with Crippen molar-refractivity contribution in [1.82, 2.24) is 0 Å². The monoisotopic (exact) mass is 651 g/mol. The molecule has 3 fully saturated rings. The van der Waals surface area contributed by atoms with E-state index in [-0.39, 0.29) is 5.41 Å². The lowest BCUT2D eigenvalue weighted by Gasteiger charge is -2.36. The number of allylic oxidation sites excluding steroid dienone is 6. The van der Waals surface area contributed by atoms with Crippen molar-refractivity contribution >= 4 is 0 Å². The summed E-state index contributed by atoms with van der Waals surface area (Å²) in [7, 11) is 0. The van der Waals surface area contributed by atoms with E-state index in [1.807, 2.05) is 20.8 Å². The van der Waals surface area contributed by atoms with Gasteiger partial charge in [-0.1, -0.05) is 169 Å². The zero-order valence-electron chi connectivity index (χ0n) is 34.8. The molecule has 274 valence electrons. The van der Waals surface area contributed by atoms with Crippen LogP contribution in [0.5, 0.6) is 0 Å². The van der Waals surface area contributed by atoms with Crippen molar-refractivity contribution in [2.45, 2.75) is 174 Å². The molecule has 3 aliphatic rings. The predicted octanol–water partition coefficient (Wildman–Crippen LogP) is 16.2. The van der Waals surface area contributed by atoms with Crippen molar-refractivity contribution in [3.8, 4) is 0 Å². The summed E-state index contributed by atoms with van der Waals surface area (Å²) in [6.45, 7) is 55.7. The molecule has 0 radical (unpaired) electrons. The van der Waals surface area contributed by atoms with E-state index in [1.165, 1.54) is 92.1 Å². The van der Waals surface area contributed by atoms with Gasteiger partial charge >= 0.3 is 0 Å². The van der Waals surface area contributed by atoms with Crippen molar-refractivity contribution in [2.24, 2.45) is 52.3 Å². The van der Waals surface area contributed by atoms with E-state index in [2.05, 4.69) is 116 Å². The van der Waals surface area contributed by atoms with E-state index in [0.717, 1.165) is 36.5 Å². The molecule has 0 amide bonds. The van der Waals surface area contributed by atoms with Crippen LogP contribution in [0.15, 0.2) is 73.4 Å². The molecule has 0 saturated heterocycles. The van der Waals surface area contributed by atoms with Crippen LogP contribution < -0.4 is 0 Å². The van der Waals surface area contributed by atoms with Gasteiger partial charge in [-0.15, -0.1) is 13.2 Å². The molecular formula is C47H86. The summed E-state index contributed by atoms with van der Waals surface area (Å²) in [5.41, 5.74) is 7.25. The Morgan fingerprint density at radius 3 is 1.60 bits per heavy atom. The molecular weight excluding hydrogens is 565 g/mol. The van der Waals surface area contributed by atoms with Crippen LogP contribution in [0.25, 0.3) is 0 Å². The second-order valence-electron chi connectivity index (χ2n) is 17.6. The maximum atomic E-state index is 4.60. The van der Waals surface area contributed by atoms with Crippen LogP contribution in [0.3, 0.4) is 0 Å². The first kappa shape index (κ1) is 47.6. The Kier molecular flexibility index (Phi) is 24.0. The number of rotatable bonds is 14. The molecule has 0 heterocycles. The van der Waals surface area contributed by atoms with Crippen molar-refractivity contribution < 1.29 is 0 Å². The molecule has 0 aliphatic heterocycles. The van der Waals surface area contributed by atoms with E-state index < -0.39 is 0 Å². The molecule has 0 N–H and O–H groups in total. The third kappa shape index (κ3) is 20.5.